The van der Waals surface area contributed by atoms with Crippen LogP contribution in [0.5, 0.6) is 0 Å². The highest BCUT2D eigenvalue weighted by atomic mass is 16.5. The maximum Gasteiger partial charge on any atom is 0.240 e. The van der Waals surface area contributed by atoms with E-state index in [9.17, 15) is 4.79 Å². The third-order valence-electron chi connectivity index (χ3n) is 2.20. The zero-order valence-corrected chi connectivity index (χ0v) is 8.14. The minimum absolute atomic E-state index is 0.0102. The Bertz CT molecular complexity index is 178. The molecule has 1 fully saturated rings. The molecule has 0 aromatic rings. The molecule has 76 valence electrons. The van der Waals surface area contributed by atoms with Gasteiger partial charge in [0.15, 0.2) is 0 Å². The van der Waals surface area contributed by atoms with Gasteiger partial charge in [-0.1, -0.05) is 0 Å². The van der Waals surface area contributed by atoms with Crippen molar-refractivity contribution in [2.75, 3.05) is 19.8 Å². The molecule has 0 aromatic heterocycles. The Morgan fingerprint density at radius 3 is 2.85 bits per heavy atom. The number of carbonyl (C=O) groups is 1. The lowest BCUT2D eigenvalue weighted by atomic mass is 10.2. The van der Waals surface area contributed by atoms with E-state index in [4.69, 9.17) is 10.5 Å². The number of nitrogens with two attached hydrogens (primary N) is 1. The van der Waals surface area contributed by atoms with E-state index >= 15 is 0 Å². The van der Waals surface area contributed by atoms with E-state index in [1.54, 1.807) is 0 Å². The largest absolute Gasteiger partial charge is 0.382 e. The predicted molar refractivity (Wildman–Crippen MR) is 50.3 cm³/mol. The number of rotatable bonds is 6. The van der Waals surface area contributed by atoms with Gasteiger partial charge in [0.05, 0.1) is 5.54 Å². The van der Waals surface area contributed by atoms with Gasteiger partial charge < -0.3 is 15.8 Å². The second kappa shape index (κ2) is 4.58. The van der Waals surface area contributed by atoms with Crippen molar-refractivity contribution in [3.63, 3.8) is 0 Å². The predicted octanol–water partition coefficient (Wildman–Crippen LogP) is 0.0205. The van der Waals surface area contributed by atoms with E-state index in [1.165, 1.54) is 0 Å². The molecule has 0 aliphatic heterocycles. The molecule has 0 saturated heterocycles. The lowest BCUT2D eigenvalue weighted by molar-refractivity contribution is -0.123. The summed E-state index contributed by atoms with van der Waals surface area (Å²) < 4.78 is 5.13. The van der Waals surface area contributed by atoms with Crippen molar-refractivity contribution in [1.82, 2.24) is 5.32 Å². The monoisotopic (exact) mass is 186 g/mol. The molecule has 1 amide bonds. The average molecular weight is 186 g/mol. The second-order valence-corrected chi connectivity index (χ2v) is 3.46. The number of hydrogen-bond acceptors (Lipinski definition) is 3. The van der Waals surface area contributed by atoms with Gasteiger partial charge in [0.2, 0.25) is 5.91 Å². The van der Waals surface area contributed by atoms with Gasteiger partial charge in [-0.25, -0.2) is 0 Å². The Kier molecular flexibility index (Phi) is 3.69. The van der Waals surface area contributed by atoms with E-state index < -0.39 is 5.54 Å². The van der Waals surface area contributed by atoms with Gasteiger partial charge in [-0.3, -0.25) is 4.79 Å². The van der Waals surface area contributed by atoms with Crippen molar-refractivity contribution in [3.8, 4) is 0 Å². The van der Waals surface area contributed by atoms with Crippen LogP contribution in [0.1, 0.15) is 26.2 Å². The van der Waals surface area contributed by atoms with E-state index in [2.05, 4.69) is 5.32 Å². The Morgan fingerprint density at radius 2 is 2.31 bits per heavy atom. The summed E-state index contributed by atoms with van der Waals surface area (Å²) in [5.74, 6) is -0.0102. The fraction of sp³-hybridized carbons (Fsp3) is 0.889. The van der Waals surface area contributed by atoms with Crippen molar-refractivity contribution in [2.45, 2.75) is 31.7 Å². The van der Waals surface area contributed by atoms with Crippen LogP contribution in [0.25, 0.3) is 0 Å². The molecule has 0 heterocycles. The Labute approximate surface area is 78.8 Å². The molecule has 4 nitrogen and oxygen atoms in total. The molecular formula is C9H18N2O2. The SMILES string of the molecule is CCOCCCNC(=O)C1(N)CC1. The number of ether oxygens (including phenoxy) is 1. The molecule has 1 rings (SSSR count). The maximum absolute atomic E-state index is 11.3. The first-order chi connectivity index (χ1) is 6.19. The Hall–Kier alpha value is -0.610. The summed E-state index contributed by atoms with van der Waals surface area (Å²) in [6.07, 6.45) is 2.50. The van der Waals surface area contributed by atoms with Crippen LogP contribution >= 0.6 is 0 Å². The van der Waals surface area contributed by atoms with Crippen LogP contribution in [-0.4, -0.2) is 31.2 Å². The molecule has 13 heavy (non-hydrogen) atoms. The highest BCUT2D eigenvalue weighted by Gasteiger charge is 2.45. The molecule has 1 saturated carbocycles. The molecule has 0 aromatic carbocycles. The smallest absolute Gasteiger partial charge is 0.240 e. The molecule has 1 aliphatic carbocycles. The minimum Gasteiger partial charge on any atom is -0.382 e. The van der Waals surface area contributed by atoms with Crippen molar-refractivity contribution in [1.29, 1.82) is 0 Å². The summed E-state index contributed by atoms with van der Waals surface area (Å²) in [6.45, 7) is 4.05. The van der Waals surface area contributed by atoms with Crippen LogP contribution < -0.4 is 11.1 Å². The van der Waals surface area contributed by atoms with Gasteiger partial charge in [0, 0.05) is 19.8 Å². The highest BCUT2D eigenvalue weighted by Crippen LogP contribution is 2.31. The summed E-state index contributed by atoms with van der Waals surface area (Å²) >= 11 is 0. The van der Waals surface area contributed by atoms with Gasteiger partial charge >= 0.3 is 0 Å². The normalized spacial score (nSPS) is 18.3. The fourth-order valence-corrected chi connectivity index (χ4v) is 1.06. The van der Waals surface area contributed by atoms with Gasteiger partial charge in [-0.15, -0.1) is 0 Å². The summed E-state index contributed by atoms with van der Waals surface area (Å²) in [6, 6.07) is 0. The van der Waals surface area contributed by atoms with E-state index in [0.29, 0.717) is 13.2 Å². The van der Waals surface area contributed by atoms with Crippen molar-refractivity contribution < 1.29 is 9.53 Å². The van der Waals surface area contributed by atoms with Gasteiger partial charge in [0.25, 0.3) is 0 Å². The number of nitrogens with one attached hydrogen (secondary N) is 1. The second-order valence-electron chi connectivity index (χ2n) is 3.46. The quantitative estimate of drug-likeness (QED) is 0.575. The third kappa shape index (κ3) is 3.32. The maximum atomic E-state index is 11.3. The van der Waals surface area contributed by atoms with E-state index in [0.717, 1.165) is 25.9 Å². The molecule has 0 radical (unpaired) electrons. The Morgan fingerprint density at radius 1 is 1.62 bits per heavy atom. The van der Waals surface area contributed by atoms with E-state index in [1.807, 2.05) is 6.92 Å². The zero-order chi connectivity index (χ0) is 9.73. The van der Waals surface area contributed by atoms with Crippen molar-refractivity contribution in [3.05, 3.63) is 0 Å². The first kappa shape index (κ1) is 10.5. The van der Waals surface area contributed by atoms with E-state index in [-0.39, 0.29) is 5.91 Å². The topological polar surface area (TPSA) is 64.3 Å². The molecular weight excluding hydrogens is 168 g/mol. The molecule has 0 spiro atoms. The number of amides is 1. The fourth-order valence-electron chi connectivity index (χ4n) is 1.06. The molecule has 0 unspecified atom stereocenters. The molecule has 0 atom stereocenters. The summed E-state index contributed by atoms with van der Waals surface area (Å²) in [5.41, 5.74) is 5.15. The van der Waals surface area contributed by atoms with Crippen LogP contribution in [0.3, 0.4) is 0 Å². The zero-order valence-electron chi connectivity index (χ0n) is 8.14. The molecule has 3 N–H and O–H groups in total. The summed E-state index contributed by atoms with van der Waals surface area (Å²) in [4.78, 5) is 11.3. The molecule has 1 aliphatic rings. The number of carbonyl (C=O) groups excluding carboxylic acids is 1. The average Bonchev–Trinajstić information content (AvgIpc) is 2.84. The van der Waals surface area contributed by atoms with Crippen LogP contribution in [-0.2, 0) is 9.53 Å². The first-order valence-electron chi connectivity index (χ1n) is 4.84. The highest BCUT2D eigenvalue weighted by molar-refractivity contribution is 5.88. The lowest BCUT2D eigenvalue weighted by Crippen LogP contribution is -2.43. The lowest BCUT2D eigenvalue weighted by Gasteiger charge is -2.09. The molecule has 0 bridgehead atoms. The molecule has 4 heteroatoms. The van der Waals surface area contributed by atoms with Gasteiger partial charge in [0.1, 0.15) is 0 Å². The van der Waals surface area contributed by atoms with Crippen molar-refractivity contribution >= 4 is 5.91 Å². The van der Waals surface area contributed by atoms with Crippen LogP contribution in [0.2, 0.25) is 0 Å². The first-order valence-corrected chi connectivity index (χ1v) is 4.84. The van der Waals surface area contributed by atoms with Gasteiger partial charge in [-0.2, -0.15) is 0 Å². The van der Waals surface area contributed by atoms with Crippen LogP contribution in [0, 0.1) is 0 Å². The Balaban J connectivity index is 1.96. The summed E-state index contributed by atoms with van der Waals surface area (Å²) in [5, 5.41) is 2.80. The van der Waals surface area contributed by atoms with Gasteiger partial charge in [-0.05, 0) is 26.2 Å². The van der Waals surface area contributed by atoms with Crippen LogP contribution in [0.4, 0.5) is 0 Å². The summed E-state index contributed by atoms with van der Waals surface area (Å²) in [7, 11) is 0. The number of hydrogen-bond donors (Lipinski definition) is 2. The minimum atomic E-state index is -0.536. The standard InChI is InChI=1S/C9H18N2O2/c1-2-13-7-3-6-11-8(12)9(10)4-5-9/h2-7,10H2,1H3,(H,11,12). The third-order valence-corrected chi connectivity index (χ3v) is 2.20. The van der Waals surface area contributed by atoms with Crippen LogP contribution in [0.15, 0.2) is 0 Å². The van der Waals surface area contributed by atoms with Crippen molar-refractivity contribution in [2.24, 2.45) is 5.73 Å².